The van der Waals surface area contributed by atoms with Gasteiger partial charge in [-0.3, -0.25) is 0 Å². The van der Waals surface area contributed by atoms with Crippen LogP contribution in [-0.2, 0) is 0 Å². The molecule has 0 radical (unpaired) electrons. The number of methoxy groups -OCH3 is 1. The van der Waals surface area contributed by atoms with Gasteiger partial charge in [0.05, 0.1) is 18.5 Å². The van der Waals surface area contributed by atoms with Crippen LogP contribution in [0.2, 0.25) is 0 Å². The maximum Gasteiger partial charge on any atom is 0.143 e. The molecule has 4 nitrogen and oxygen atoms in total. The van der Waals surface area contributed by atoms with E-state index in [-0.39, 0.29) is 12.1 Å². The van der Waals surface area contributed by atoms with E-state index in [0.29, 0.717) is 17.9 Å². The van der Waals surface area contributed by atoms with Gasteiger partial charge in [0.15, 0.2) is 0 Å². The van der Waals surface area contributed by atoms with E-state index in [1.54, 1.807) is 7.11 Å². The van der Waals surface area contributed by atoms with Gasteiger partial charge >= 0.3 is 0 Å². The summed E-state index contributed by atoms with van der Waals surface area (Å²) in [7, 11) is 1.59. The van der Waals surface area contributed by atoms with Crippen molar-refractivity contribution in [3.8, 4) is 5.75 Å². The smallest absolute Gasteiger partial charge is 0.143 e. The van der Waals surface area contributed by atoms with Crippen molar-refractivity contribution >= 4 is 11.4 Å². The highest BCUT2D eigenvalue weighted by molar-refractivity contribution is 5.73. The van der Waals surface area contributed by atoms with Gasteiger partial charge in [-0.1, -0.05) is 6.07 Å². The molecule has 90 valence electrons. The Bertz CT molecular complexity index is 351. The number of nitrogen functional groups attached to an aromatic ring is 1. The van der Waals surface area contributed by atoms with Crippen LogP contribution in [0.3, 0.4) is 0 Å². The minimum absolute atomic E-state index is 0.143. The molecule has 1 aromatic carbocycles. The summed E-state index contributed by atoms with van der Waals surface area (Å²) in [6, 6.07) is 5.60. The Morgan fingerprint density at radius 3 is 2.69 bits per heavy atom. The van der Waals surface area contributed by atoms with Crippen LogP contribution < -0.4 is 15.8 Å². The van der Waals surface area contributed by atoms with E-state index >= 15 is 0 Å². The average molecular weight is 224 g/mol. The van der Waals surface area contributed by atoms with E-state index in [1.165, 1.54) is 0 Å². The van der Waals surface area contributed by atoms with Gasteiger partial charge in [0.1, 0.15) is 5.75 Å². The molecular formula is C12H20N2O2. The highest BCUT2D eigenvalue weighted by Crippen LogP contribution is 2.31. The van der Waals surface area contributed by atoms with E-state index in [1.807, 2.05) is 32.0 Å². The number of hydrogen-bond donors (Lipinski definition) is 3. The molecule has 1 rings (SSSR count). The lowest BCUT2D eigenvalue weighted by molar-refractivity contribution is 0.261. The van der Waals surface area contributed by atoms with Gasteiger partial charge in [-0.15, -0.1) is 0 Å². The lowest BCUT2D eigenvalue weighted by Crippen LogP contribution is -2.32. The lowest BCUT2D eigenvalue weighted by atomic mass is 10.0. The molecule has 4 N–H and O–H groups in total. The first-order chi connectivity index (χ1) is 7.50. The molecule has 0 spiro atoms. The van der Waals surface area contributed by atoms with Crippen LogP contribution in [0, 0.1) is 0 Å². The molecular weight excluding hydrogens is 204 g/mol. The van der Waals surface area contributed by atoms with Gasteiger partial charge in [-0.05, 0) is 32.4 Å². The number of benzene rings is 1. The molecule has 0 saturated carbocycles. The van der Waals surface area contributed by atoms with Gasteiger partial charge in [0.2, 0.25) is 0 Å². The zero-order chi connectivity index (χ0) is 12.2. The van der Waals surface area contributed by atoms with Gasteiger partial charge < -0.3 is 20.9 Å². The molecule has 0 bridgehead atoms. The van der Waals surface area contributed by atoms with E-state index in [9.17, 15) is 0 Å². The minimum atomic E-state index is -0.199. The summed E-state index contributed by atoms with van der Waals surface area (Å²) in [5.74, 6) is 0.657. The predicted molar refractivity (Wildman–Crippen MR) is 66.8 cm³/mol. The highest BCUT2D eigenvalue weighted by atomic mass is 16.5. The molecule has 4 heteroatoms. The van der Waals surface area contributed by atoms with Crippen molar-refractivity contribution < 1.29 is 9.84 Å². The third-order valence-corrected chi connectivity index (χ3v) is 2.50. The van der Waals surface area contributed by atoms with E-state index in [4.69, 9.17) is 15.6 Å². The number of nitrogens with one attached hydrogen (secondary N) is 1. The van der Waals surface area contributed by atoms with Crippen LogP contribution in [-0.4, -0.2) is 24.4 Å². The molecule has 0 unspecified atom stereocenters. The minimum Gasteiger partial charge on any atom is -0.495 e. The van der Waals surface area contributed by atoms with Crippen molar-refractivity contribution in [2.45, 2.75) is 25.8 Å². The lowest BCUT2D eigenvalue weighted by Gasteiger charge is -2.27. The Hall–Kier alpha value is -1.42. The summed E-state index contributed by atoms with van der Waals surface area (Å²) >= 11 is 0. The van der Waals surface area contributed by atoms with Crippen molar-refractivity contribution in [1.29, 1.82) is 0 Å². The van der Waals surface area contributed by atoms with E-state index in [0.717, 1.165) is 5.69 Å². The summed E-state index contributed by atoms with van der Waals surface area (Å²) < 4.78 is 5.15. The number of rotatable bonds is 5. The second-order valence-electron chi connectivity index (χ2n) is 4.40. The molecule has 0 atom stereocenters. The van der Waals surface area contributed by atoms with Gasteiger partial charge in [0, 0.05) is 12.1 Å². The molecule has 0 aliphatic heterocycles. The molecule has 0 saturated heterocycles. The number of hydrogen-bond acceptors (Lipinski definition) is 4. The fourth-order valence-electron chi connectivity index (χ4n) is 1.54. The third-order valence-electron chi connectivity index (χ3n) is 2.50. The fourth-order valence-corrected chi connectivity index (χ4v) is 1.54. The van der Waals surface area contributed by atoms with Crippen LogP contribution in [0.4, 0.5) is 11.4 Å². The molecule has 16 heavy (non-hydrogen) atoms. The largest absolute Gasteiger partial charge is 0.495 e. The maximum absolute atomic E-state index is 8.95. The molecule has 0 heterocycles. The molecule has 0 aromatic heterocycles. The van der Waals surface area contributed by atoms with Crippen molar-refractivity contribution in [1.82, 2.24) is 0 Å². The monoisotopic (exact) mass is 224 g/mol. The summed E-state index contributed by atoms with van der Waals surface area (Å²) in [5, 5.41) is 12.3. The SMILES string of the molecule is COc1cccc(NC(C)(C)CCO)c1N. The van der Waals surface area contributed by atoms with Crippen molar-refractivity contribution in [3.05, 3.63) is 18.2 Å². The summed E-state index contributed by atoms with van der Waals surface area (Å²) in [6.45, 7) is 4.17. The number of aliphatic hydroxyl groups is 1. The topological polar surface area (TPSA) is 67.5 Å². The average Bonchev–Trinajstić information content (AvgIpc) is 2.21. The Morgan fingerprint density at radius 1 is 1.44 bits per heavy atom. The Labute approximate surface area is 96.4 Å². The van der Waals surface area contributed by atoms with Gasteiger partial charge in [0.25, 0.3) is 0 Å². The fraction of sp³-hybridized carbons (Fsp3) is 0.500. The molecule has 0 amide bonds. The van der Waals surface area contributed by atoms with E-state index < -0.39 is 0 Å². The van der Waals surface area contributed by atoms with Crippen LogP contribution in [0.1, 0.15) is 20.3 Å². The van der Waals surface area contributed by atoms with Gasteiger partial charge in [-0.2, -0.15) is 0 Å². The Kier molecular flexibility index (Phi) is 4.01. The summed E-state index contributed by atoms with van der Waals surface area (Å²) in [5.41, 5.74) is 7.17. The maximum atomic E-state index is 8.95. The standard InChI is InChI=1S/C12H20N2O2/c1-12(2,7-8-15)14-9-5-4-6-10(16-3)11(9)13/h4-6,14-15H,7-8,13H2,1-3H3. The number of anilines is 2. The molecule has 1 aromatic rings. The zero-order valence-corrected chi connectivity index (χ0v) is 10.1. The second kappa shape index (κ2) is 5.07. The third kappa shape index (κ3) is 3.03. The second-order valence-corrected chi connectivity index (χ2v) is 4.40. The number of para-hydroxylation sites is 1. The number of ether oxygens (including phenoxy) is 1. The first-order valence-corrected chi connectivity index (χ1v) is 5.31. The van der Waals surface area contributed by atoms with Crippen molar-refractivity contribution in [2.24, 2.45) is 0 Å². The van der Waals surface area contributed by atoms with Crippen molar-refractivity contribution in [3.63, 3.8) is 0 Å². The molecule has 0 fully saturated rings. The van der Waals surface area contributed by atoms with Crippen LogP contribution in [0.25, 0.3) is 0 Å². The molecule has 0 aliphatic carbocycles. The molecule has 0 aliphatic rings. The summed E-state index contributed by atoms with van der Waals surface area (Å²) in [6.07, 6.45) is 0.656. The Balaban J connectivity index is 2.89. The quantitative estimate of drug-likeness (QED) is 0.668. The predicted octanol–water partition coefficient (Wildman–Crippen LogP) is 1.85. The first-order valence-electron chi connectivity index (χ1n) is 5.31. The van der Waals surface area contributed by atoms with Gasteiger partial charge in [-0.25, -0.2) is 0 Å². The summed E-state index contributed by atoms with van der Waals surface area (Å²) in [4.78, 5) is 0. The first kappa shape index (κ1) is 12.6. The highest BCUT2D eigenvalue weighted by Gasteiger charge is 2.18. The van der Waals surface area contributed by atoms with E-state index in [2.05, 4.69) is 5.32 Å². The van der Waals surface area contributed by atoms with Crippen LogP contribution in [0.15, 0.2) is 18.2 Å². The number of nitrogens with two attached hydrogens (primary N) is 1. The number of aliphatic hydroxyl groups excluding tert-OH is 1. The zero-order valence-electron chi connectivity index (χ0n) is 10.1. The van der Waals surface area contributed by atoms with Crippen molar-refractivity contribution in [2.75, 3.05) is 24.8 Å². The van der Waals surface area contributed by atoms with Crippen LogP contribution >= 0.6 is 0 Å². The van der Waals surface area contributed by atoms with Crippen LogP contribution in [0.5, 0.6) is 5.75 Å². The normalized spacial score (nSPS) is 11.2. The Morgan fingerprint density at radius 2 is 2.12 bits per heavy atom.